The first-order valence-corrected chi connectivity index (χ1v) is 7.72. The van der Waals surface area contributed by atoms with Crippen LogP contribution in [0.5, 0.6) is 0 Å². The summed E-state index contributed by atoms with van der Waals surface area (Å²) < 4.78 is 12.6. The first-order valence-electron chi connectivity index (χ1n) is 7.72. The van der Waals surface area contributed by atoms with Crippen molar-refractivity contribution in [3.8, 4) is 0 Å². The molecule has 0 spiro atoms. The minimum atomic E-state index is -0.253. The van der Waals surface area contributed by atoms with Gasteiger partial charge in [0.05, 0.1) is 11.2 Å². The van der Waals surface area contributed by atoms with E-state index in [1.165, 1.54) is 32.1 Å². The second kappa shape index (κ2) is 4.93. The van der Waals surface area contributed by atoms with Gasteiger partial charge in [0.25, 0.3) is 0 Å². The van der Waals surface area contributed by atoms with Crippen LogP contribution in [0.4, 0.5) is 0 Å². The molecule has 0 aromatic heterocycles. The lowest BCUT2D eigenvalue weighted by Crippen LogP contribution is -2.41. The van der Waals surface area contributed by atoms with E-state index in [0.717, 1.165) is 0 Å². The topological polar surface area (TPSA) is 18.5 Å². The van der Waals surface area contributed by atoms with E-state index in [-0.39, 0.29) is 23.6 Å². The van der Waals surface area contributed by atoms with E-state index in [1.54, 1.807) is 0 Å². The molecule has 0 radical (unpaired) electrons. The summed E-state index contributed by atoms with van der Waals surface area (Å²) in [5.74, 6) is 0.633. The van der Waals surface area contributed by atoms with Crippen LogP contribution in [0.1, 0.15) is 66.7 Å². The van der Waals surface area contributed by atoms with Crippen LogP contribution in [0.15, 0.2) is 12.7 Å². The quantitative estimate of drug-likeness (QED) is 0.547. The van der Waals surface area contributed by atoms with Crippen molar-refractivity contribution in [3.05, 3.63) is 12.7 Å². The Morgan fingerprint density at radius 1 is 1.05 bits per heavy atom. The summed E-state index contributed by atoms with van der Waals surface area (Å²) in [6, 6.07) is 0. The fraction of sp³-hybridized carbons (Fsp3) is 0.875. The molecule has 108 valence electrons. The molecule has 19 heavy (non-hydrogen) atoms. The van der Waals surface area contributed by atoms with Gasteiger partial charge in [0.15, 0.2) is 0 Å². The van der Waals surface area contributed by atoms with Crippen molar-refractivity contribution in [1.29, 1.82) is 0 Å². The van der Waals surface area contributed by atoms with Gasteiger partial charge in [-0.3, -0.25) is 0 Å². The van der Waals surface area contributed by atoms with E-state index < -0.39 is 0 Å². The van der Waals surface area contributed by atoms with Crippen molar-refractivity contribution in [1.82, 2.24) is 0 Å². The maximum absolute atomic E-state index is 6.28. The van der Waals surface area contributed by atoms with Crippen molar-refractivity contribution in [2.75, 3.05) is 0 Å². The fourth-order valence-electron chi connectivity index (χ4n) is 3.28. The average Bonchev–Trinajstić information content (AvgIpc) is 2.59. The Bertz CT molecular complexity index is 329. The number of allylic oxidation sites excluding steroid dienone is 1. The van der Waals surface area contributed by atoms with Crippen molar-refractivity contribution < 1.29 is 9.31 Å². The predicted octanol–water partition coefficient (Wildman–Crippen LogP) is 4.61. The molecule has 1 aliphatic heterocycles. The van der Waals surface area contributed by atoms with E-state index in [0.29, 0.717) is 5.92 Å². The van der Waals surface area contributed by atoms with Gasteiger partial charge in [-0.05, 0) is 33.6 Å². The third-order valence-corrected chi connectivity index (χ3v) is 5.69. The van der Waals surface area contributed by atoms with Crippen molar-refractivity contribution in [2.24, 2.45) is 5.92 Å². The van der Waals surface area contributed by atoms with Gasteiger partial charge >= 0.3 is 7.12 Å². The van der Waals surface area contributed by atoms with Gasteiger partial charge in [-0.1, -0.05) is 45.1 Å². The van der Waals surface area contributed by atoms with E-state index >= 15 is 0 Å². The molecule has 1 saturated carbocycles. The van der Waals surface area contributed by atoms with E-state index in [9.17, 15) is 0 Å². The molecule has 0 bridgehead atoms. The molecule has 2 aliphatic rings. The number of hydrogen-bond acceptors (Lipinski definition) is 2. The van der Waals surface area contributed by atoms with Gasteiger partial charge in [-0.25, -0.2) is 0 Å². The molecule has 0 N–H and O–H groups in total. The number of rotatable bonds is 3. The van der Waals surface area contributed by atoms with Gasteiger partial charge in [-0.15, -0.1) is 6.58 Å². The van der Waals surface area contributed by atoms with Crippen LogP contribution in [0.2, 0.25) is 5.31 Å². The summed E-state index contributed by atoms with van der Waals surface area (Å²) in [4.78, 5) is 0. The standard InChI is InChI=1S/C16H29BO2/c1-7-16(6,13-11-9-8-10-12-13)17-18-14(2,3)15(4,5)19-17/h7,13H,1,8-12H2,2-6H3/t16-/m0/s1. The molecule has 0 aromatic rings. The summed E-state index contributed by atoms with van der Waals surface area (Å²) in [5.41, 5.74) is -0.507. The summed E-state index contributed by atoms with van der Waals surface area (Å²) in [7, 11) is -0.168. The lowest BCUT2D eigenvalue weighted by molar-refractivity contribution is 0.00578. The molecule has 0 amide bonds. The summed E-state index contributed by atoms with van der Waals surface area (Å²) >= 11 is 0. The third-order valence-electron chi connectivity index (χ3n) is 5.69. The Balaban J connectivity index is 2.20. The lowest BCUT2D eigenvalue weighted by atomic mass is 9.50. The molecule has 1 saturated heterocycles. The molecule has 0 unspecified atom stereocenters. The highest BCUT2D eigenvalue weighted by atomic mass is 16.7. The Kier molecular flexibility index (Phi) is 3.92. The highest BCUT2D eigenvalue weighted by Crippen LogP contribution is 2.52. The predicted molar refractivity (Wildman–Crippen MR) is 81.2 cm³/mol. The molecule has 1 atom stereocenters. The van der Waals surface area contributed by atoms with E-state index in [4.69, 9.17) is 9.31 Å². The summed E-state index contributed by atoms with van der Waals surface area (Å²) in [6.45, 7) is 14.8. The zero-order valence-electron chi connectivity index (χ0n) is 13.3. The van der Waals surface area contributed by atoms with Gasteiger partial charge in [0.1, 0.15) is 0 Å². The van der Waals surface area contributed by atoms with Gasteiger partial charge < -0.3 is 9.31 Å². The third kappa shape index (κ3) is 2.52. The van der Waals surface area contributed by atoms with Crippen LogP contribution in [-0.2, 0) is 9.31 Å². The smallest absolute Gasteiger partial charge is 0.403 e. The van der Waals surface area contributed by atoms with Crippen LogP contribution < -0.4 is 0 Å². The molecule has 2 rings (SSSR count). The maximum atomic E-state index is 6.28. The summed E-state index contributed by atoms with van der Waals surface area (Å²) in [6.07, 6.45) is 8.64. The second-order valence-electron chi connectivity index (χ2n) is 7.49. The van der Waals surface area contributed by atoms with E-state index in [2.05, 4.69) is 47.3 Å². The van der Waals surface area contributed by atoms with Gasteiger partial charge in [-0.2, -0.15) is 0 Å². The first kappa shape index (κ1) is 15.1. The van der Waals surface area contributed by atoms with Crippen LogP contribution >= 0.6 is 0 Å². The fourth-order valence-corrected chi connectivity index (χ4v) is 3.28. The van der Waals surface area contributed by atoms with Crippen LogP contribution in [-0.4, -0.2) is 18.3 Å². The van der Waals surface area contributed by atoms with Crippen LogP contribution in [0, 0.1) is 5.92 Å². The Morgan fingerprint density at radius 3 is 1.95 bits per heavy atom. The van der Waals surface area contributed by atoms with Crippen molar-refractivity contribution in [2.45, 2.75) is 83.2 Å². The Labute approximate surface area is 119 Å². The Hall–Kier alpha value is -0.275. The minimum Gasteiger partial charge on any atom is -0.403 e. The minimum absolute atomic E-state index is 0.0779. The highest BCUT2D eigenvalue weighted by Gasteiger charge is 2.58. The molecule has 2 fully saturated rings. The maximum Gasteiger partial charge on any atom is 0.468 e. The average molecular weight is 264 g/mol. The SMILES string of the molecule is C=C[C@](C)(B1OC(C)(C)C(C)(C)O1)C1CCCCC1. The molecule has 1 heterocycles. The first-order chi connectivity index (χ1) is 8.73. The molecule has 0 aromatic carbocycles. The van der Waals surface area contributed by atoms with Crippen LogP contribution in [0.25, 0.3) is 0 Å². The molecular formula is C16H29BO2. The number of hydrogen-bond donors (Lipinski definition) is 0. The zero-order chi connectivity index (χ0) is 14.3. The zero-order valence-corrected chi connectivity index (χ0v) is 13.3. The normalized spacial score (nSPS) is 30.1. The van der Waals surface area contributed by atoms with Crippen molar-refractivity contribution >= 4 is 7.12 Å². The van der Waals surface area contributed by atoms with Crippen LogP contribution in [0.3, 0.4) is 0 Å². The van der Waals surface area contributed by atoms with Gasteiger partial charge in [0.2, 0.25) is 0 Å². The Morgan fingerprint density at radius 2 is 1.53 bits per heavy atom. The lowest BCUT2D eigenvalue weighted by Gasteiger charge is -2.38. The van der Waals surface area contributed by atoms with Crippen molar-refractivity contribution in [3.63, 3.8) is 0 Å². The molecular weight excluding hydrogens is 235 g/mol. The van der Waals surface area contributed by atoms with Gasteiger partial charge in [0, 0.05) is 5.31 Å². The molecule has 3 heteroatoms. The highest BCUT2D eigenvalue weighted by molar-refractivity contribution is 6.50. The monoisotopic (exact) mass is 264 g/mol. The molecule has 2 nitrogen and oxygen atoms in total. The summed E-state index contributed by atoms with van der Waals surface area (Å²) in [5, 5.41) is -0.0779. The molecule has 1 aliphatic carbocycles. The van der Waals surface area contributed by atoms with E-state index in [1.807, 2.05) is 0 Å². The second-order valence-corrected chi connectivity index (χ2v) is 7.49. The largest absolute Gasteiger partial charge is 0.468 e.